The molecule has 0 N–H and O–H groups in total. The first kappa shape index (κ1) is 17.9. The molecule has 2 rings (SSSR count). The van der Waals surface area contributed by atoms with Gasteiger partial charge < -0.3 is 14.2 Å². The maximum Gasteiger partial charge on any atom is 0.513 e. The van der Waals surface area contributed by atoms with Crippen LogP contribution in [-0.2, 0) is 17.8 Å². The van der Waals surface area contributed by atoms with E-state index in [2.05, 4.69) is 37.6 Å². The molecule has 0 aliphatic rings. The summed E-state index contributed by atoms with van der Waals surface area (Å²) in [6, 6.07) is 9.76. The number of methoxy groups -OCH3 is 1. The second kappa shape index (κ2) is 7.86. The predicted molar refractivity (Wildman–Crippen MR) is 93.8 cm³/mol. The van der Waals surface area contributed by atoms with Crippen LogP contribution in [0.15, 0.2) is 30.3 Å². The Bertz CT molecular complexity index is 735. The van der Waals surface area contributed by atoms with Gasteiger partial charge in [-0.1, -0.05) is 25.1 Å². The minimum atomic E-state index is -0.734. The van der Waals surface area contributed by atoms with Crippen molar-refractivity contribution in [3.05, 3.63) is 58.1 Å². The average Bonchev–Trinajstić information content (AvgIpc) is 2.56. The van der Waals surface area contributed by atoms with Crippen molar-refractivity contribution >= 4 is 6.16 Å². The molecule has 2 aromatic rings. The summed E-state index contributed by atoms with van der Waals surface area (Å²) in [5, 5.41) is 0. The topological polar surface area (TPSA) is 44.8 Å². The van der Waals surface area contributed by atoms with Crippen LogP contribution >= 0.6 is 0 Å². The molecular weight excluding hydrogens is 304 g/mol. The molecule has 0 radical (unpaired) electrons. The molecule has 4 nitrogen and oxygen atoms in total. The first-order valence-corrected chi connectivity index (χ1v) is 8.03. The highest BCUT2D eigenvalue weighted by molar-refractivity contribution is 5.64. The molecule has 4 heteroatoms. The Morgan fingerprint density at radius 1 is 1.00 bits per heavy atom. The Hall–Kier alpha value is -2.49. The van der Waals surface area contributed by atoms with Crippen LogP contribution in [0.1, 0.15) is 34.7 Å². The molecule has 0 saturated carbocycles. The summed E-state index contributed by atoms with van der Waals surface area (Å²) in [4.78, 5) is 11.4. The Morgan fingerprint density at radius 3 is 2.38 bits per heavy atom. The van der Waals surface area contributed by atoms with Crippen LogP contribution in [-0.4, -0.2) is 13.3 Å². The molecule has 0 saturated heterocycles. The highest BCUT2D eigenvalue weighted by atomic mass is 16.7. The van der Waals surface area contributed by atoms with Gasteiger partial charge in [-0.2, -0.15) is 0 Å². The van der Waals surface area contributed by atoms with Gasteiger partial charge in [0, 0.05) is 5.56 Å². The summed E-state index contributed by atoms with van der Waals surface area (Å²) in [5.41, 5.74) is 5.45. The average molecular weight is 328 g/mol. The fourth-order valence-corrected chi connectivity index (χ4v) is 2.50. The van der Waals surface area contributed by atoms with Gasteiger partial charge in [0.25, 0.3) is 0 Å². The number of hydrogen-bond acceptors (Lipinski definition) is 4. The molecule has 24 heavy (non-hydrogen) atoms. The molecule has 0 amide bonds. The van der Waals surface area contributed by atoms with Gasteiger partial charge in [-0.3, -0.25) is 0 Å². The maximum absolute atomic E-state index is 11.4. The quantitative estimate of drug-likeness (QED) is 0.578. The van der Waals surface area contributed by atoms with E-state index in [1.807, 2.05) is 19.1 Å². The van der Waals surface area contributed by atoms with Gasteiger partial charge in [-0.25, -0.2) is 4.79 Å². The summed E-state index contributed by atoms with van der Waals surface area (Å²) < 4.78 is 15.9. The number of hydrogen-bond donors (Lipinski definition) is 0. The van der Waals surface area contributed by atoms with E-state index in [9.17, 15) is 4.79 Å². The van der Waals surface area contributed by atoms with Crippen molar-refractivity contribution in [2.24, 2.45) is 0 Å². The summed E-state index contributed by atoms with van der Waals surface area (Å²) >= 11 is 0. The second-order valence-electron chi connectivity index (χ2n) is 5.79. The van der Waals surface area contributed by atoms with Crippen molar-refractivity contribution in [2.75, 3.05) is 7.11 Å². The summed E-state index contributed by atoms with van der Waals surface area (Å²) in [6.45, 7) is 8.57. The Labute approximate surface area is 143 Å². The Balaban J connectivity index is 2.26. The molecule has 0 atom stereocenters. The third kappa shape index (κ3) is 4.07. The normalized spacial score (nSPS) is 10.4. The lowest BCUT2D eigenvalue weighted by Gasteiger charge is -2.16. The molecule has 0 heterocycles. The van der Waals surface area contributed by atoms with E-state index in [1.54, 1.807) is 6.07 Å². The predicted octanol–water partition coefficient (Wildman–Crippen LogP) is 4.90. The zero-order valence-corrected chi connectivity index (χ0v) is 14.9. The molecule has 0 bridgehead atoms. The summed E-state index contributed by atoms with van der Waals surface area (Å²) in [5.74, 6) is 1.33. The highest BCUT2D eigenvalue weighted by Gasteiger charge is 2.13. The summed E-state index contributed by atoms with van der Waals surface area (Å²) in [7, 11) is 1.29. The van der Waals surface area contributed by atoms with Gasteiger partial charge in [-0.05, 0) is 61.6 Å². The van der Waals surface area contributed by atoms with Crippen molar-refractivity contribution in [1.29, 1.82) is 0 Å². The Morgan fingerprint density at radius 2 is 1.71 bits per heavy atom. The highest BCUT2D eigenvalue weighted by Crippen LogP contribution is 2.28. The van der Waals surface area contributed by atoms with Crippen LogP contribution in [0.2, 0.25) is 0 Å². The van der Waals surface area contributed by atoms with Gasteiger partial charge in [-0.15, -0.1) is 0 Å². The fraction of sp³-hybridized carbons (Fsp3) is 0.350. The van der Waals surface area contributed by atoms with Crippen molar-refractivity contribution in [3.63, 3.8) is 0 Å². The zero-order chi connectivity index (χ0) is 17.7. The minimum absolute atomic E-state index is 0.328. The van der Waals surface area contributed by atoms with E-state index in [1.165, 1.54) is 23.8 Å². The molecule has 2 aromatic carbocycles. The maximum atomic E-state index is 11.4. The molecule has 0 spiro atoms. The van der Waals surface area contributed by atoms with Gasteiger partial charge >= 0.3 is 6.16 Å². The number of carbonyl (C=O) groups excluding carboxylic acids is 1. The number of rotatable bonds is 5. The smallest absolute Gasteiger partial charge is 0.488 e. The first-order chi connectivity index (χ1) is 11.5. The lowest BCUT2D eigenvalue weighted by Crippen LogP contribution is -2.11. The van der Waals surface area contributed by atoms with E-state index in [0.717, 1.165) is 23.3 Å². The van der Waals surface area contributed by atoms with Crippen LogP contribution in [0.25, 0.3) is 0 Å². The molecule has 0 fully saturated rings. The Kier molecular flexibility index (Phi) is 5.85. The van der Waals surface area contributed by atoms with Gasteiger partial charge in [0.15, 0.2) is 0 Å². The van der Waals surface area contributed by atoms with Crippen molar-refractivity contribution in [3.8, 4) is 11.5 Å². The number of ether oxygens (including phenoxy) is 3. The first-order valence-electron chi connectivity index (χ1n) is 8.03. The van der Waals surface area contributed by atoms with E-state index < -0.39 is 6.16 Å². The standard InChI is InChI=1S/C20H24O4/c1-6-16-10-14(3)15(4)11-19(16)23-12-17-13(2)8-7-9-18(17)24-20(21)22-5/h7-11H,6,12H2,1-5H3. The van der Waals surface area contributed by atoms with Crippen LogP contribution in [0.4, 0.5) is 4.79 Å². The van der Waals surface area contributed by atoms with Gasteiger partial charge in [0.2, 0.25) is 0 Å². The SMILES string of the molecule is CCc1cc(C)c(C)cc1OCc1c(C)cccc1OC(=O)OC. The number of carbonyl (C=O) groups is 1. The van der Waals surface area contributed by atoms with Gasteiger partial charge in [0.05, 0.1) is 7.11 Å². The zero-order valence-electron chi connectivity index (χ0n) is 14.9. The van der Waals surface area contributed by atoms with Crippen molar-refractivity contribution in [2.45, 2.75) is 40.7 Å². The number of aryl methyl sites for hydroxylation is 4. The monoisotopic (exact) mass is 328 g/mol. The third-order valence-corrected chi connectivity index (χ3v) is 4.16. The van der Waals surface area contributed by atoms with Crippen LogP contribution in [0, 0.1) is 20.8 Å². The summed E-state index contributed by atoms with van der Waals surface area (Å²) in [6.07, 6.45) is 0.165. The molecular formula is C20H24O4. The van der Waals surface area contributed by atoms with E-state index in [-0.39, 0.29) is 0 Å². The van der Waals surface area contributed by atoms with Crippen LogP contribution in [0.5, 0.6) is 11.5 Å². The molecule has 0 aromatic heterocycles. The lowest BCUT2D eigenvalue weighted by molar-refractivity contribution is 0.120. The second-order valence-corrected chi connectivity index (χ2v) is 5.79. The van der Waals surface area contributed by atoms with Crippen LogP contribution in [0.3, 0.4) is 0 Å². The molecule has 0 aliphatic heterocycles. The molecule has 0 aliphatic carbocycles. The van der Waals surface area contributed by atoms with Gasteiger partial charge in [0.1, 0.15) is 18.1 Å². The van der Waals surface area contributed by atoms with Crippen LogP contribution < -0.4 is 9.47 Å². The number of benzene rings is 2. The molecule has 0 unspecified atom stereocenters. The van der Waals surface area contributed by atoms with Crippen molar-refractivity contribution < 1.29 is 19.0 Å². The van der Waals surface area contributed by atoms with E-state index >= 15 is 0 Å². The minimum Gasteiger partial charge on any atom is -0.488 e. The fourth-order valence-electron chi connectivity index (χ4n) is 2.50. The largest absolute Gasteiger partial charge is 0.513 e. The third-order valence-electron chi connectivity index (χ3n) is 4.16. The van der Waals surface area contributed by atoms with E-state index in [0.29, 0.717) is 12.4 Å². The lowest BCUT2D eigenvalue weighted by atomic mass is 10.0. The molecule has 128 valence electrons. The van der Waals surface area contributed by atoms with E-state index in [4.69, 9.17) is 9.47 Å². The van der Waals surface area contributed by atoms with Crippen molar-refractivity contribution in [1.82, 2.24) is 0 Å².